The summed E-state index contributed by atoms with van der Waals surface area (Å²) in [7, 11) is 0. The van der Waals surface area contributed by atoms with Gasteiger partial charge in [-0.3, -0.25) is 4.79 Å². The maximum Gasteiger partial charge on any atom is 0.420 e. The van der Waals surface area contributed by atoms with Gasteiger partial charge in [0.25, 0.3) is 5.97 Å². The molecule has 4 nitrogen and oxygen atoms in total. The van der Waals surface area contributed by atoms with Crippen LogP contribution in [0.4, 0.5) is 13.2 Å². The molecule has 0 fully saturated rings. The van der Waals surface area contributed by atoms with Crippen LogP contribution in [0.5, 0.6) is 0 Å². The van der Waals surface area contributed by atoms with Gasteiger partial charge in [0.1, 0.15) is 5.76 Å². The van der Waals surface area contributed by atoms with Gasteiger partial charge in [0.2, 0.25) is 0 Å². The predicted molar refractivity (Wildman–Crippen MR) is 109 cm³/mol. The van der Waals surface area contributed by atoms with Crippen LogP contribution in [0.3, 0.4) is 0 Å². The fourth-order valence-electron chi connectivity index (χ4n) is 1.35. The number of carboxylic acid groups (broad SMARTS) is 1. The maximum absolute atomic E-state index is 12.4. The number of carbonyl (C=O) groups is 1. The maximum atomic E-state index is 12.4. The normalized spacial score (nSPS) is 10.7. The van der Waals surface area contributed by atoms with Crippen molar-refractivity contribution in [3.8, 4) is 0 Å². The Bertz CT molecular complexity index is 523. The second-order valence-electron chi connectivity index (χ2n) is 4.82. The summed E-state index contributed by atoms with van der Waals surface area (Å²) in [4.78, 5) is 9.00. The van der Waals surface area contributed by atoms with Crippen LogP contribution in [0.15, 0.2) is 72.7 Å². The molecule has 0 atom stereocenters. The summed E-state index contributed by atoms with van der Waals surface area (Å²) in [6.45, 7) is 10.7. The van der Waals surface area contributed by atoms with Gasteiger partial charge < -0.3 is 15.5 Å². The lowest BCUT2D eigenvalue weighted by molar-refractivity contribution is -0.134. The molecule has 7 heteroatoms. The first-order chi connectivity index (χ1) is 13.2. The zero-order chi connectivity index (χ0) is 22.4. The van der Waals surface area contributed by atoms with Crippen molar-refractivity contribution in [3.63, 3.8) is 0 Å². The number of rotatable bonds is 6. The zero-order valence-electron chi connectivity index (χ0n) is 17.0. The third kappa shape index (κ3) is 23.3. The van der Waals surface area contributed by atoms with Crippen molar-refractivity contribution in [1.82, 2.24) is 5.32 Å². The molecule has 28 heavy (non-hydrogen) atoms. The van der Waals surface area contributed by atoms with Crippen LogP contribution >= 0.6 is 0 Å². The minimum atomic E-state index is -4.58. The second kappa shape index (κ2) is 20.6. The fraction of sp³-hybridized carbons (Fsp3) is 0.381. The summed E-state index contributed by atoms with van der Waals surface area (Å²) in [5, 5.41) is 19.3. The van der Waals surface area contributed by atoms with Crippen molar-refractivity contribution in [2.45, 2.75) is 46.7 Å². The summed E-state index contributed by atoms with van der Waals surface area (Å²) >= 11 is 0. The molecule has 3 N–H and O–H groups in total. The van der Waals surface area contributed by atoms with Crippen molar-refractivity contribution in [3.05, 3.63) is 72.7 Å². The molecule has 1 rings (SSSR count). The number of carboxylic acids is 1. The highest BCUT2D eigenvalue weighted by molar-refractivity contribution is 5.62. The molecule has 160 valence electrons. The predicted octanol–water partition coefficient (Wildman–Crippen LogP) is 6.25. The van der Waals surface area contributed by atoms with Crippen LogP contribution in [0.25, 0.3) is 0 Å². The van der Waals surface area contributed by atoms with Gasteiger partial charge in [0, 0.05) is 19.7 Å². The third-order valence-corrected chi connectivity index (χ3v) is 2.45. The average molecular weight is 403 g/mol. The molecule has 0 aliphatic heterocycles. The molecular weight excluding hydrogens is 371 g/mol. The number of allylic oxidation sites excluding steroid dienone is 3. The van der Waals surface area contributed by atoms with E-state index in [1.165, 1.54) is 0 Å². The van der Waals surface area contributed by atoms with Gasteiger partial charge in [0.15, 0.2) is 0 Å². The monoisotopic (exact) mass is 403 g/mol. The van der Waals surface area contributed by atoms with E-state index in [0.717, 1.165) is 38.1 Å². The first kappa shape index (κ1) is 30.0. The lowest BCUT2D eigenvalue weighted by Gasteiger charge is -2.10. The van der Waals surface area contributed by atoms with Crippen molar-refractivity contribution >= 4 is 5.97 Å². The quantitative estimate of drug-likeness (QED) is 0.298. The minimum Gasteiger partial charge on any atom is -0.506 e. The molecule has 0 spiro atoms. The molecule has 0 unspecified atom stereocenters. The Labute approximate surface area is 166 Å². The molecule has 0 aliphatic rings. The Morgan fingerprint density at radius 1 is 1.07 bits per heavy atom. The van der Waals surface area contributed by atoms with Crippen molar-refractivity contribution in [2.24, 2.45) is 0 Å². The van der Waals surface area contributed by atoms with E-state index in [1.807, 2.05) is 57.2 Å². The number of hydrogen-bond acceptors (Lipinski definition) is 3. The van der Waals surface area contributed by atoms with E-state index in [2.05, 4.69) is 11.9 Å². The number of aliphatic hydroxyl groups excluding tert-OH is 1. The largest absolute Gasteiger partial charge is 0.506 e. The standard InChI is InChI=1S/C11H16F3NO.C6H6.C2H4O2.C2H6/c1-3-5-7-15-8-10(16)9(6-4-2)11(12,13)14;1-2-4-6-5-3-1;1-2(3)4;1-2/h4,6,8,15-16H,2-3,5,7H2,1H3;1-6H;1H3,(H,3,4);1-2H3/b9-6+,10-8-;;;. The number of nitrogens with one attached hydrogen (secondary N) is 1. The average Bonchev–Trinajstić information content (AvgIpc) is 2.65. The van der Waals surface area contributed by atoms with Crippen LogP contribution < -0.4 is 5.32 Å². The smallest absolute Gasteiger partial charge is 0.420 e. The number of halogens is 3. The number of aliphatic hydroxyl groups is 1. The lowest BCUT2D eigenvalue weighted by atomic mass is 10.2. The van der Waals surface area contributed by atoms with Crippen molar-refractivity contribution in [2.75, 3.05) is 6.54 Å². The summed E-state index contributed by atoms with van der Waals surface area (Å²) in [6, 6.07) is 12.0. The highest BCUT2D eigenvalue weighted by Crippen LogP contribution is 2.29. The number of unbranched alkanes of at least 4 members (excludes halogenated alkanes) is 1. The van der Waals surface area contributed by atoms with E-state index in [1.54, 1.807) is 0 Å². The second-order valence-corrected chi connectivity index (χ2v) is 4.82. The molecule has 1 aromatic carbocycles. The highest BCUT2D eigenvalue weighted by Gasteiger charge is 2.35. The van der Waals surface area contributed by atoms with E-state index < -0.39 is 23.5 Å². The molecule has 0 radical (unpaired) electrons. The van der Waals surface area contributed by atoms with E-state index in [-0.39, 0.29) is 0 Å². The topological polar surface area (TPSA) is 69.6 Å². The molecule has 0 aliphatic carbocycles. The van der Waals surface area contributed by atoms with Gasteiger partial charge in [-0.25, -0.2) is 0 Å². The molecule has 1 aromatic rings. The van der Waals surface area contributed by atoms with Gasteiger partial charge in [-0.15, -0.1) is 0 Å². The van der Waals surface area contributed by atoms with Crippen LogP contribution in [0.1, 0.15) is 40.5 Å². The Hall–Kier alpha value is -2.70. The van der Waals surface area contributed by atoms with Gasteiger partial charge in [-0.1, -0.05) is 76.2 Å². The Morgan fingerprint density at radius 2 is 1.46 bits per heavy atom. The third-order valence-electron chi connectivity index (χ3n) is 2.45. The number of hydrogen-bond donors (Lipinski definition) is 3. The van der Waals surface area contributed by atoms with Crippen LogP contribution in [-0.2, 0) is 4.79 Å². The van der Waals surface area contributed by atoms with E-state index in [0.29, 0.717) is 6.54 Å². The number of benzene rings is 1. The van der Waals surface area contributed by atoms with E-state index >= 15 is 0 Å². The van der Waals surface area contributed by atoms with Gasteiger partial charge in [0.05, 0.1) is 5.57 Å². The Kier molecular flexibility index (Phi) is 22.1. The number of aliphatic carboxylic acids is 1. The summed E-state index contributed by atoms with van der Waals surface area (Å²) in [5.41, 5.74) is -1.11. The summed E-state index contributed by atoms with van der Waals surface area (Å²) in [6.07, 6.45) is -0.154. The first-order valence-corrected chi connectivity index (χ1v) is 8.89. The minimum absolute atomic E-state index is 0.528. The van der Waals surface area contributed by atoms with Crippen LogP contribution in [-0.4, -0.2) is 28.9 Å². The molecular formula is C21H32F3NO3. The molecule has 0 aromatic heterocycles. The Morgan fingerprint density at radius 3 is 1.75 bits per heavy atom. The zero-order valence-corrected chi connectivity index (χ0v) is 17.0. The lowest BCUT2D eigenvalue weighted by Crippen LogP contribution is -2.16. The molecule has 0 amide bonds. The van der Waals surface area contributed by atoms with Crippen molar-refractivity contribution < 1.29 is 28.2 Å². The molecule has 0 saturated carbocycles. The molecule has 0 heterocycles. The van der Waals surface area contributed by atoms with Crippen molar-refractivity contribution in [1.29, 1.82) is 0 Å². The number of alkyl halides is 3. The SMILES string of the molecule is C=C/C=C(\C(O)=C\NCCCC)C(F)(F)F.CC.CC(=O)O.c1ccccc1. The van der Waals surface area contributed by atoms with Gasteiger partial charge in [-0.05, 0) is 12.5 Å². The molecule has 0 bridgehead atoms. The van der Waals surface area contributed by atoms with Gasteiger partial charge in [-0.2, -0.15) is 13.2 Å². The van der Waals surface area contributed by atoms with E-state index in [9.17, 15) is 18.3 Å². The van der Waals surface area contributed by atoms with Gasteiger partial charge >= 0.3 is 6.18 Å². The first-order valence-electron chi connectivity index (χ1n) is 8.89. The Balaban J connectivity index is -0.000000422. The van der Waals surface area contributed by atoms with Crippen LogP contribution in [0, 0.1) is 0 Å². The summed E-state index contributed by atoms with van der Waals surface area (Å²) in [5.74, 6) is -1.66. The molecule has 0 saturated heterocycles. The summed E-state index contributed by atoms with van der Waals surface area (Å²) < 4.78 is 37.2. The van der Waals surface area contributed by atoms with E-state index in [4.69, 9.17) is 9.90 Å². The van der Waals surface area contributed by atoms with Crippen LogP contribution in [0.2, 0.25) is 0 Å². The fourth-order valence-corrected chi connectivity index (χ4v) is 1.35. The highest BCUT2D eigenvalue weighted by atomic mass is 19.4.